The number of rotatable bonds is 3. The Labute approximate surface area is 101 Å². The molecular weight excluding hydrogens is 240 g/mol. The van der Waals surface area contributed by atoms with Gasteiger partial charge in [-0.25, -0.2) is 9.78 Å². The molecule has 0 saturated heterocycles. The summed E-state index contributed by atoms with van der Waals surface area (Å²) in [5, 5.41) is 11.6. The molecule has 0 radical (unpaired) electrons. The van der Waals surface area contributed by atoms with Crippen LogP contribution in [-0.4, -0.2) is 20.6 Å². The molecule has 0 atom stereocenters. The number of thiazole rings is 1. The molecule has 2 heterocycles. The second-order valence-corrected chi connectivity index (χ2v) is 4.61. The monoisotopic (exact) mass is 250 g/mol. The average Bonchev–Trinajstić information content (AvgIpc) is 2.67. The third-order valence-electron chi connectivity index (χ3n) is 2.23. The molecule has 0 spiro atoms. The van der Waals surface area contributed by atoms with Crippen molar-refractivity contribution in [2.75, 3.05) is 0 Å². The van der Waals surface area contributed by atoms with Gasteiger partial charge in [0.05, 0.1) is 22.8 Å². The van der Waals surface area contributed by atoms with Gasteiger partial charge < -0.3 is 9.67 Å². The second kappa shape index (κ2) is 4.50. The van der Waals surface area contributed by atoms with E-state index in [0.29, 0.717) is 6.54 Å². The number of carboxylic acids is 1. The maximum absolute atomic E-state index is 11.6. The Balaban J connectivity index is 2.35. The van der Waals surface area contributed by atoms with Crippen molar-refractivity contribution in [2.24, 2.45) is 0 Å². The van der Waals surface area contributed by atoms with Gasteiger partial charge >= 0.3 is 5.97 Å². The predicted octanol–water partition coefficient (Wildman–Crippen LogP) is 1.36. The van der Waals surface area contributed by atoms with Crippen LogP contribution in [0.3, 0.4) is 0 Å². The summed E-state index contributed by atoms with van der Waals surface area (Å²) in [4.78, 5) is 26.6. The van der Waals surface area contributed by atoms with Crippen LogP contribution in [0.1, 0.15) is 21.1 Å². The number of carbonyl (C=O) groups is 1. The smallest absolute Gasteiger partial charge is 0.337 e. The summed E-state index contributed by atoms with van der Waals surface area (Å²) in [5.41, 5.74) is 0.620. The van der Waals surface area contributed by atoms with Gasteiger partial charge in [0.2, 0.25) is 0 Å². The standard InChI is InChI=1S/C11H10N2O3S/c1-7-12-9(6-17-7)5-13-4-8(11(15)16)2-3-10(13)14/h2-4,6H,5H2,1H3,(H,15,16). The lowest BCUT2D eigenvalue weighted by atomic mass is 10.3. The van der Waals surface area contributed by atoms with Gasteiger partial charge in [-0.3, -0.25) is 4.79 Å². The summed E-state index contributed by atoms with van der Waals surface area (Å²) >= 11 is 1.50. The average molecular weight is 250 g/mol. The third-order valence-corrected chi connectivity index (χ3v) is 3.05. The van der Waals surface area contributed by atoms with Crippen molar-refractivity contribution >= 4 is 17.3 Å². The first kappa shape index (κ1) is 11.5. The maximum atomic E-state index is 11.6. The first-order valence-corrected chi connectivity index (χ1v) is 5.79. The Kier molecular flexibility index (Phi) is 3.06. The Morgan fingerprint density at radius 2 is 2.29 bits per heavy atom. The van der Waals surface area contributed by atoms with Crippen LogP contribution < -0.4 is 5.56 Å². The van der Waals surface area contributed by atoms with E-state index in [1.165, 1.54) is 34.2 Å². The van der Waals surface area contributed by atoms with E-state index in [2.05, 4.69) is 4.98 Å². The fourth-order valence-corrected chi connectivity index (χ4v) is 2.04. The van der Waals surface area contributed by atoms with Crippen LogP contribution in [0, 0.1) is 6.92 Å². The summed E-state index contributed by atoms with van der Waals surface area (Å²) in [6, 6.07) is 2.55. The largest absolute Gasteiger partial charge is 0.478 e. The molecule has 1 N–H and O–H groups in total. The van der Waals surface area contributed by atoms with E-state index in [4.69, 9.17) is 5.11 Å². The van der Waals surface area contributed by atoms with Crippen molar-refractivity contribution in [3.8, 4) is 0 Å². The highest BCUT2D eigenvalue weighted by Gasteiger charge is 2.06. The molecule has 6 heteroatoms. The molecule has 0 saturated carbocycles. The predicted molar refractivity (Wildman–Crippen MR) is 63.6 cm³/mol. The van der Waals surface area contributed by atoms with Crippen molar-refractivity contribution in [3.63, 3.8) is 0 Å². The van der Waals surface area contributed by atoms with Gasteiger partial charge in [-0.05, 0) is 13.0 Å². The minimum atomic E-state index is -1.05. The lowest BCUT2D eigenvalue weighted by Gasteiger charge is -2.03. The van der Waals surface area contributed by atoms with Crippen LogP contribution >= 0.6 is 11.3 Å². The van der Waals surface area contributed by atoms with E-state index in [-0.39, 0.29) is 11.1 Å². The number of aromatic carboxylic acids is 1. The molecule has 0 aliphatic carbocycles. The number of aryl methyl sites for hydroxylation is 1. The maximum Gasteiger partial charge on any atom is 0.337 e. The number of hydrogen-bond donors (Lipinski definition) is 1. The van der Waals surface area contributed by atoms with E-state index in [1.54, 1.807) is 0 Å². The van der Waals surface area contributed by atoms with E-state index >= 15 is 0 Å². The first-order chi connectivity index (χ1) is 8.06. The fourth-order valence-electron chi connectivity index (χ4n) is 1.44. The summed E-state index contributed by atoms with van der Waals surface area (Å²) in [7, 11) is 0. The van der Waals surface area contributed by atoms with Crippen LogP contribution in [0.15, 0.2) is 28.5 Å². The number of pyridine rings is 1. The van der Waals surface area contributed by atoms with Gasteiger partial charge in [-0.2, -0.15) is 0 Å². The molecule has 0 aliphatic rings. The molecule has 17 heavy (non-hydrogen) atoms. The third kappa shape index (κ3) is 2.59. The highest BCUT2D eigenvalue weighted by molar-refractivity contribution is 7.09. The molecule has 0 unspecified atom stereocenters. The Bertz CT molecular complexity index is 615. The fraction of sp³-hybridized carbons (Fsp3) is 0.182. The molecule has 88 valence electrons. The van der Waals surface area contributed by atoms with Crippen molar-refractivity contribution in [3.05, 3.63) is 50.3 Å². The Morgan fingerprint density at radius 3 is 2.88 bits per heavy atom. The molecular formula is C11H10N2O3S. The molecule has 0 aromatic carbocycles. The van der Waals surface area contributed by atoms with Crippen LogP contribution in [0.5, 0.6) is 0 Å². The highest BCUT2D eigenvalue weighted by Crippen LogP contribution is 2.09. The van der Waals surface area contributed by atoms with Crippen LogP contribution in [0.25, 0.3) is 0 Å². The van der Waals surface area contributed by atoms with Gasteiger partial charge in [0.15, 0.2) is 0 Å². The molecule has 0 bridgehead atoms. The van der Waals surface area contributed by atoms with E-state index < -0.39 is 5.97 Å². The summed E-state index contributed by atoms with van der Waals surface area (Å²) in [6.07, 6.45) is 1.33. The zero-order valence-corrected chi connectivity index (χ0v) is 9.90. The highest BCUT2D eigenvalue weighted by atomic mass is 32.1. The zero-order valence-electron chi connectivity index (χ0n) is 9.08. The number of aromatic nitrogens is 2. The van der Waals surface area contributed by atoms with E-state index in [1.807, 2.05) is 12.3 Å². The Morgan fingerprint density at radius 1 is 1.53 bits per heavy atom. The molecule has 2 rings (SSSR count). The van der Waals surface area contributed by atoms with Gasteiger partial charge in [0, 0.05) is 17.6 Å². The number of carboxylic acid groups (broad SMARTS) is 1. The summed E-state index contributed by atoms with van der Waals surface area (Å²) < 4.78 is 1.35. The van der Waals surface area contributed by atoms with Gasteiger partial charge in [0.25, 0.3) is 5.56 Å². The van der Waals surface area contributed by atoms with Crippen LogP contribution in [0.4, 0.5) is 0 Å². The summed E-state index contributed by atoms with van der Waals surface area (Å²) in [6.45, 7) is 2.18. The van der Waals surface area contributed by atoms with Crippen molar-refractivity contribution < 1.29 is 9.90 Å². The van der Waals surface area contributed by atoms with Crippen molar-refractivity contribution in [2.45, 2.75) is 13.5 Å². The quantitative estimate of drug-likeness (QED) is 0.892. The van der Waals surface area contributed by atoms with Gasteiger partial charge in [0.1, 0.15) is 0 Å². The zero-order chi connectivity index (χ0) is 12.4. The van der Waals surface area contributed by atoms with Crippen LogP contribution in [0.2, 0.25) is 0 Å². The Hall–Kier alpha value is -1.95. The molecule has 2 aromatic rings. The topological polar surface area (TPSA) is 72.2 Å². The van der Waals surface area contributed by atoms with Gasteiger partial charge in [-0.15, -0.1) is 11.3 Å². The van der Waals surface area contributed by atoms with Crippen molar-refractivity contribution in [1.29, 1.82) is 0 Å². The number of hydrogen-bond acceptors (Lipinski definition) is 4. The van der Waals surface area contributed by atoms with Crippen LogP contribution in [-0.2, 0) is 6.54 Å². The lowest BCUT2D eigenvalue weighted by Crippen LogP contribution is -2.20. The second-order valence-electron chi connectivity index (χ2n) is 3.55. The SMILES string of the molecule is Cc1nc(Cn2cc(C(=O)O)ccc2=O)cs1. The van der Waals surface area contributed by atoms with E-state index in [9.17, 15) is 9.59 Å². The minimum Gasteiger partial charge on any atom is -0.478 e. The summed E-state index contributed by atoms with van der Waals surface area (Å²) in [5.74, 6) is -1.05. The minimum absolute atomic E-state index is 0.0940. The molecule has 5 nitrogen and oxygen atoms in total. The molecule has 0 aliphatic heterocycles. The van der Waals surface area contributed by atoms with E-state index in [0.717, 1.165) is 10.7 Å². The first-order valence-electron chi connectivity index (χ1n) is 4.91. The molecule has 2 aromatic heterocycles. The lowest BCUT2D eigenvalue weighted by molar-refractivity contribution is 0.0696. The molecule has 0 amide bonds. The van der Waals surface area contributed by atoms with Crippen molar-refractivity contribution in [1.82, 2.24) is 9.55 Å². The molecule has 0 fully saturated rings. The van der Waals surface area contributed by atoms with Gasteiger partial charge in [-0.1, -0.05) is 0 Å². The normalized spacial score (nSPS) is 10.4. The number of nitrogens with zero attached hydrogens (tertiary/aromatic N) is 2.